The fourth-order valence-corrected chi connectivity index (χ4v) is 1.76. The van der Waals surface area contributed by atoms with Crippen LogP contribution in [0.25, 0.3) is 0 Å². The molecule has 0 aliphatic rings. The van der Waals surface area contributed by atoms with Crippen LogP contribution in [0.4, 0.5) is 0 Å². The van der Waals surface area contributed by atoms with Gasteiger partial charge in [-0.25, -0.2) is 0 Å². The van der Waals surface area contributed by atoms with E-state index in [0.29, 0.717) is 10.9 Å². The van der Waals surface area contributed by atoms with E-state index >= 15 is 0 Å². The number of carbonyl (C=O) groups excluding carboxylic acids is 2. The number of carboxylic acids is 3. The zero-order valence-electron chi connectivity index (χ0n) is 17.5. The molecule has 0 aromatic heterocycles. The maximum absolute atomic E-state index is 10.4. The predicted octanol–water partition coefficient (Wildman–Crippen LogP) is -2.25. The van der Waals surface area contributed by atoms with Crippen LogP contribution >= 0.6 is 0 Å². The molecular formula is C19H32N4O7. The second-order valence-electron chi connectivity index (χ2n) is 7.40. The monoisotopic (exact) mass is 428 g/mol. The molecule has 8 N–H and O–H groups in total. The van der Waals surface area contributed by atoms with Gasteiger partial charge < -0.3 is 41.8 Å². The average molecular weight is 428 g/mol. The molecule has 1 rings (SSSR count). The van der Waals surface area contributed by atoms with Gasteiger partial charge in [0, 0.05) is 6.42 Å². The number of primary amides is 1. The normalized spacial score (nSPS) is 12.2. The van der Waals surface area contributed by atoms with Crippen molar-refractivity contribution in [3.05, 3.63) is 35.9 Å². The van der Waals surface area contributed by atoms with E-state index in [1.54, 1.807) is 21.1 Å². The van der Waals surface area contributed by atoms with Gasteiger partial charge in [0.25, 0.3) is 0 Å². The summed E-state index contributed by atoms with van der Waals surface area (Å²) < 4.78 is 0.419. The molecule has 2 unspecified atom stereocenters. The van der Waals surface area contributed by atoms with E-state index in [0.717, 1.165) is 5.56 Å². The van der Waals surface area contributed by atoms with Crippen molar-refractivity contribution in [2.75, 3.05) is 27.7 Å². The van der Waals surface area contributed by atoms with Crippen molar-refractivity contribution in [3.8, 4) is 0 Å². The molecule has 30 heavy (non-hydrogen) atoms. The van der Waals surface area contributed by atoms with Gasteiger partial charge in [-0.15, -0.1) is 0 Å². The second-order valence-corrected chi connectivity index (χ2v) is 7.40. The summed E-state index contributed by atoms with van der Waals surface area (Å²) in [4.78, 5) is 40.4. The fourth-order valence-electron chi connectivity index (χ4n) is 1.76. The fraction of sp³-hybridized carbons (Fsp3) is 0.474. The lowest BCUT2D eigenvalue weighted by Gasteiger charge is -2.23. The molecule has 2 atom stereocenters. The molecule has 0 heterocycles. The van der Waals surface area contributed by atoms with Gasteiger partial charge in [0.15, 0.2) is 0 Å². The van der Waals surface area contributed by atoms with Crippen molar-refractivity contribution >= 4 is 23.8 Å². The summed E-state index contributed by atoms with van der Waals surface area (Å²) in [5.41, 5.74) is 16.1. The third kappa shape index (κ3) is 19.7. The third-order valence-electron chi connectivity index (χ3n) is 3.24. The minimum Gasteiger partial charge on any atom is -0.544 e. The highest BCUT2D eigenvalue weighted by Gasteiger charge is 2.12. The van der Waals surface area contributed by atoms with E-state index in [2.05, 4.69) is 0 Å². The number of benzene rings is 1. The Morgan fingerprint density at radius 3 is 1.73 bits per heavy atom. The summed E-state index contributed by atoms with van der Waals surface area (Å²) in [5, 5.41) is 26.6. The number of quaternary nitrogens is 1. The summed E-state index contributed by atoms with van der Waals surface area (Å²) in [7, 11) is 5.40. The van der Waals surface area contributed by atoms with Crippen LogP contribution in [0.15, 0.2) is 30.3 Å². The first-order valence-electron chi connectivity index (χ1n) is 8.95. The number of rotatable bonds is 9. The van der Waals surface area contributed by atoms with Crippen LogP contribution in [0.3, 0.4) is 0 Å². The lowest BCUT2D eigenvalue weighted by atomic mass is 10.1. The molecule has 11 nitrogen and oxygen atoms in total. The maximum atomic E-state index is 10.4. The Balaban J connectivity index is 0. The van der Waals surface area contributed by atoms with Crippen LogP contribution in [-0.4, -0.2) is 78.3 Å². The van der Waals surface area contributed by atoms with Crippen LogP contribution in [0, 0.1) is 0 Å². The lowest BCUT2D eigenvalue weighted by molar-refractivity contribution is -0.864. The summed E-state index contributed by atoms with van der Waals surface area (Å²) in [6.07, 6.45) is 0.508. The van der Waals surface area contributed by atoms with Gasteiger partial charge in [0.2, 0.25) is 5.91 Å². The molecule has 1 aromatic rings. The van der Waals surface area contributed by atoms with Crippen molar-refractivity contribution in [2.24, 2.45) is 17.2 Å². The molecular weight excluding hydrogens is 396 g/mol. The summed E-state index contributed by atoms with van der Waals surface area (Å²) in [6, 6.07) is 7.56. The Hall–Kier alpha value is -3.02. The predicted molar refractivity (Wildman–Crippen MR) is 108 cm³/mol. The van der Waals surface area contributed by atoms with Crippen LogP contribution in [-0.2, 0) is 25.6 Å². The average Bonchev–Trinajstić information content (AvgIpc) is 2.59. The quantitative estimate of drug-likeness (QED) is 0.268. The molecule has 0 saturated heterocycles. The van der Waals surface area contributed by atoms with E-state index in [9.17, 15) is 24.3 Å². The van der Waals surface area contributed by atoms with E-state index < -0.39 is 35.9 Å². The van der Waals surface area contributed by atoms with Crippen molar-refractivity contribution in [1.29, 1.82) is 0 Å². The van der Waals surface area contributed by atoms with E-state index in [4.69, 9.17) is 27.4 Å². The molecule has 0 fully saturated rings. The van der Waals surface area contributed by atoms with E-state index in [1.165, 1.54) is 0 Å². The number of hydrogen-bond donors (Lipinski definition) is 5. The van der Waals surface area contributed by atoms with Crippen LogP contribution < -0.4 is 22.3 Å². The number of likely N-dealkylation sites (N-methyl/N-ethyl adjacent to an activating group) is 1. The standard InChI is InChI=1S/C9H11NO2.C5H10N2O3.C5H11NO2/c10-8(9(11)12)6-7-4-2-1-3-5-7;6-3(5(9)10)1-2-4(7)8;1-6(2,3)4-5(7)8/h1-5,8H,6,10H2,(H,11,12);3H,1-2,6H2,(H2,7,8)(H,9,10);4H2,1-3H3. The first-order chi connectivity index (χ1) is 13.7. The molecule has 1 amide bonds. The number of carboxylic acid groups (broad SMARTS) is 3. The number of hydrogen-bond acceptors (Lipinski definition) is 7. The molecule has 0 saturated carbocycles. The minimum absolute atomic E-state index is 0.0213. The molecule has 0 bridgehead atoms. The Kier molecular flexibility index (Phi) is 14.5. The van der Waals surface area contributed by atoms with Gasteiger partial charge in [-0.1, -0.05) is 30.3 Å². The van der Waals surface area contributed by atoms with Gasteiger partial charge in [-0.3, -0.25) is 14.4 Å². The van der Waals surface area contributed by atoms with Gasteiger partial charge in [-0.2, -0.15) is 0 Å². The first-order valence-corrected chi connectivity index (χ1v) is 8.95. The molecule has 0 spiro atoms. The third-order valence-corrected chi connectivity index (χ3v) is 3.24. The molecule has 0 radical (unpaired) electrons. The number of nitrogens with zero attached hydrogens (tertiary/aromatic N) is 1. The number of carbonyl (C=O) groups is 4. The molecule has 170 valence electrons. The van der Waals surface area contributed by atoms with Crippen molar-refractivity contribution in [2.45, 2.75) is 31.3 Å². The van der Waals surface area contributed by atoms with Gasteiger partial charge >= 0.3 is 11.9 Å². The Morgan fingerprint density at radius 2 is 1.43 bits per heavy atom. The Bertz CT molecular complexity index is 675. The highest BCUT2D eigenvalue weighted by atomic mass is 16.4. The zero-order chi connectivity index (χ0) is 23.9. The topological polar surface area (TPSA) is 210 Å². The first kappa shape index (κ1) is 29.2. The molecule has 0 aliphatic carbocycles. The van der Waals surface area contributed by atoms with Gasteiger partial charge in [0.05, 0.1) is 27.1 Å². The smallest absolute Gasteiger partial charge is 0.320 e. The van der Waals surface area contributed by atoms with Crippen molar-refractivity contribution in [1.82, 2.24) is 0 Å². The summed E-state index contributed by atoms with van der Waals surface area (Å²) in [5.74, 6) is -3.60. The molecule has 11 heteroatoms. The highest BCUT2D eigenvalue weighted by Crippen LogP contribution is 2.01. The Labute approximate surface area is 175 Å². The second kappa shape index (κ2) is 14.9. The molecule has 0 aliphatic heterocycles. The summed E-state index contributed by atoms with van der Waals surface area (Å²) in [6.45, 7) is 0.0694. The minimum atomic E-state index is -1.11. The SMILES string of the molecule is C[N+](C)(C)CC(=O)[O-].NC(=O)CCC(N)C(=O)O.NC(Cc1ccccc1)C(=O)O. The largest absolute Gasteiger partial charge is 0.544 e. The van der Waals surface area contributed by atoms with Crippen molar-refractivity contribution < 1.29 is 39.0 Å². The number of aliphatic carboxylic acids is 3. The summed E-state index contributed by atoms with van der Waals surface area (Å²) >= 11 is 0. The van der Waals surface area contributed by atoms with Gasteiger partial charge in [0.1, 0.15) is 18.6 Å². The lowest BCUT2D eigenvalue weighted by Crippen LogP contribution is -2.45. The Morgan fingerprint density at radius 1 is 0.967 bits per heavy atom. The van der Waals surface area contributed by atoms with E-state index in [1.807, 2.05) is 30.3 Å². The number of nitrogens with two attached hydrogens (primary N) is 3. The van der Waals surface area contributed by atoms with Crippen molar-refractivity contribution in [3.63, 3.8) is 0 Å². The van der Waals surface area contributed by atoms with Crippen LogP contribution in [0.5, 0.6) is 0 Å². The number of amides is 1. The molecule has 1 aromatic carbocycles. The zero-order valence-corrected chi connectivity index (χ0v) is 17.5. The maximum Gasteiger partial charge on any atom is 0.320 e. The van der Waals surface area contributed by atoms with Crippen LogP contribution in [0.2, 0.25) is 0 Å². The van der Waals surface area contributed by atoms with E-state index in [-0.39, 0.29) is 19.4 Å². The highest BCUT2D eigenvalue weighted by molar-refractivity contribution is 5.77. The van der Waals surface area contributed by atoms with Gasteiger partial charge in [-0.05, 0) is 18.4 Å². The van der Waals surface area contributed by atoms with Crippen LogP contribution in [0.1, 0.15) is 18.4 Å².